The lowest BCUT2D eigenvalue weighted by molar-refractivity contribution is -0.143. The van der Waals surface area contributed by atoms with E-state index < -0.39 is 23.6 Å². The number of carbonyl (C=O) groups excluding carboxylic acids is 2. The van der Waals surface area contributed by atoms with Crippen molar-refractivity contribution >= 4 is 12.1 Å². The van der Waals surface area contributed by atoms with Crippen molar-refractivity contribution in [3.63, 3.8) is 0 Å². The van der Waals surface area contributed by atoms with Crippen molar-refractivity contribution in [2.45, 2.75) is 24.6 Å². The Labute approximate surface area is 239 Å². The number of methoxy groups -OCH3 is 1. The highest BCUT2D eigenvalue weighted by atomic mass is 16.6. The van der Waals surface area contributed by atoms with Gasteiger partial charge in [-0.3, -0.25) is 0 Å². The molecule has 1 heterocycles. The second kappa shape index (κ2) is 12.8. The van der Waals surface area contributed by atoms with Gasteiger partial charge in [-0.1, -0.05) is 121 Å². The standard InChI is InChI=1S/C34H31N3O4/c1-40-32(38)31(36-33(39)41-24-26-14-6-2-7-15-26)22-30-23-37(25-35-30)34(27-16-8-3-9-17-27,28-18-10-4-11-19-28)29-20-12-5-13-21-29/h2-21,23,25,31H,22,24H2,1H3,(H,36,39)/t31-/m0/s1. The Kier molecular flexibility index (Phi) is 8.55. The smallest absolute Gasteiger partial charge is 0.408 e. The van der Waals surface area contributed by atoms with E-state index in [0.717, 1.165) is 22.3 Å². The number of benzene rings is 4. The summed E-state index contributed by atoms with van der Waals surface area (Å²) < 4.78 is 12.4. The Morgan fingerprint density at radius 1 is 0.780 bits per heavy atom. The molecule has 0 saturated carbocycles. The molecule has 0 saturated heterocycles. The normalized spacial score (nSPS) is 11.8. The van der Waals surface area contributed by atoms with E-state index in [0.29, 0.717) is 5.69 Å². The van der Waals surface area contributed by atoms with Crippen LogP contribution in [0.4, 0.5) is 4.79 Å². The van der Waals surface area contributed by atoms with Gasteiger partial charge in [0, 0.05) is 12.6 Å². The third-order valence-corrected chi connectivity index (χ3v) is 7.00. The highest BCUT2D eigenvalue weighted by Gasteiger charge is 2.38. The van der Waals surface area contributed by atoms with Gasteiger partial charge < -0.3 is 19.4 Å². The molecular weight excluding hydrogens is 514 g/mol. The van der Waals surface area contributed by atoms with Crippen molar-refractivity contribution in [3.05, 3.63) is 162 Å². The maximum Gasteiger partial charge on any atom is 0.408 e. The molecule has 1 amide bonds. The third kappa shape index (κ3) is 6.04. The quantitative estimate of drug-likeness (QED) is 0.179. The average molecular weight is 546 g/mol. The van der Waals surface area contributed by atoms with E-state index in [2.05, 4.69) is 51.3 Å². The molecule has 0 aliphatic rings. The number of esters is 1. The van der Waals surface area contributed by atoms with Crippen LogP contribution in [0.2, 0.25) is 0 Å². The van der Waals surface area contributed by atoms with Gasteiger partial charge in [-0.2, -0.15) is 0 Å². The van der Waals surface area contributed by atoms with Gasteiger partial charge in [-0.15, -0.1) is 0 Å². The number of ether oxygens (including phenoxy) is 2. The zero-order chi connectivity index (χ0) is 28.5. The number of aromatic nitrogens is 2. The molecule has 206 valence electrons. The van der Waals surface area contributed by atoms with Crippen LogP contribution >= 0.6 is 0 Å². The lowest BCUT2D eigenvalue weighted by atomic mass is 9.77. The van der Waals surface area contributed by atoms with Crippen LogP contribution < -0.4 is 5.32 Å². The summed E-state index contributed by atoms with van der Waals surface area (Å²) in [7, 11) is 1.29. The largest absolute Gasteiger partial charge is 0.467 e. The molecule has 7 heteroatoms. The summed E-state index contributed by atoms with van der Waals surface area (Å²) in [5, 5.41) is 2.64. The van der Waals surface area contributed by atoms with Gasteiger partial charge in [0.2, 0.25) is 0 Å². The molecule has 0 spiro atoms. The molecule has 0 aliphatic heterocycles. The number of rotatable bonds is 10. The summed E-state index contributed by atoms with van der Waals surface area (Å²) in [6.07, 6.45) is 3.09. The van der Waals surface area contributed by atoms with Gasteiger partial charge in [-0.05, 0) is 22.3 Å². The highest BCUT2D eigenvalue weighted by molar-refractivity contribution is 5.81. The first-order chi connectivity index (χ1) is 20.1. The second-order valence-corrected chi connectivity index (χ2v) is 9.57. The van der Waals surface area contributed by atoms with Crippen LogP contribution in [-0.2, 0) is 32.8 Å². The van der Waals surface area contributed by atoms with Crippen molar-refractivity contribution in [2.24, 2.45) is 0 Å². The molecule has 5 rings (SSSR count). The van der Waals surface area contributed by atoms with E-state index in [9.17, 15) is 9.59 Å². The predicted molar refractivity (Wildman–Crippen MR) is 156 cm³/mol. The molecule has 1 atom stereocenters. The number of carbonyl (C=O) groups is 2. The molecule has 41 heavy (non-hydrogen) atoms. The number of alkyl carbamates (subject to hydrolysis) is 1. The van der Waals surface area contributed by atoms with E-state index in [4.69, 9.17) is 9.47 Å². The van der Waals surface area contributed by atoms with Crippen LogP contribution in [0.5, 0.6) is 0 Å². The topological polar surface area (TPSA) is 82.5 Å². The molecule has 0 fully saturated rings. The van der Waals surface area contributed by atoms with Crippen molar-refractivity contribution in [3.8, 4) is 0 Å². The number of hydrogen-bond donors (Lipinski definition) is 1. The molecule has 7 nitrogen and oxygen atoms in total. The number of imidazole rings is 1. The molecule has 0 aliphatic carbocycles. The summed E-state index contributed by atoms with van der Waals surface area (Å²) in [6, 6.07) is 39.0. The molecule has 0 radical (unpaired) electrons. The van der Waals surface area contributed by atoms with Crippen molar-refractivity contribution in [2.75, 3.05) is 7.11 Å². The first kappa shape index (κ1) is 27.4. The summed E-state index contributed by atoms with van der Waals surface area (Å²) in [5.41, 5.74) is 3.86. The van der Waals surface area contributed by atoms with Crippen LogP contribution in [0, 0.1) is 0 Å². The minimum absolute atomic E-state index is 0.0862. The Hall–Kier alpha value is -5.17. The Morgan fingerprint density at radius 2 is 1.27 bits per heavy atom. The summed E-state index contributed by atoms with van der Waals surface area (Å²) in [4.78, 5) is 29.9. The maximum atomic E-state index is 12.7. The fraction of sp³-hybridized carbons (Fsp3) is 0.147. The van der Waals surface area contributed by atoms with Crippen molar-refractivity contribution in [1.82, 2.24) is 14.9 Å². The van der Waals surface area contributed by atoms with E-state index in [1.165, 1.54) is 7.11 Å². The van der Waals surface area contributed by atoms with Gasteiger partial charge in [0.15, 0.2) is 0 Å². The van der Waals surface area contributed by atoms with Gasteiger partial charge >= 0.3 is 12.1 Å². The SMILES string of the molecule is COC(=O)[C@H](Cc1cn(C(c2ccccc2)(c2ccccc2)c2ccccc2)cn1)NC(=O)OCc1ccccc1. The number of hydrogen-bond acceptors (Lipinski definition) is 5. The van der Waals surface area contributed by atoms with E-state index >= 15 is 0 Å². The summed E-state index contributed by atoms with van der Waals surface area (Å²) in [5.74, 6) is -0.586. The lowest BCUT2D eigenvalue weighted by Crippen LogP contribution is -2.43. The monoisotopic (exact) mass is 545 g/mol. The van der Waals surface area contributed by atoms with Crippen LogP contribution in [0.3, 0.4) is 0 Å². The minimum Gasteiger partial charge on any atom is -0.467 e. The van der Waals surface area contributed by atoms with Crippen molar-refractivity contribution in [1.29, 1.82) is 0 Å². The maximum absolute atomic E-state index is 12.7. The van der Waals surface area contributed by atoms with Gasteiger partial charge in [-0.25, -0.2) is 14.6 Å². The van der Waals surface area contributed by atoms with Crippen LogP contribution in [0.1, 0.15) is 27.9 Å². The molecule has 5 aromatic rings. The molecule has 1 aromatic heterocycles. The van der Waals surface area contributed by atoms with Gasteiger partial charge in [0.1, 0.15) is 18.2 Å². The number of amides is 1. The summed E-state index contributed by atoms with van der Waals surface area (Å²) >= 11 is 0. The first-order valence-corrected chi connectivity index (χ1v) is 13.4. The van der Waals surface area contributed by atoms with E-state index in [1.54, 1.807) is 6.33 Å². The minimum atomic E-state index is -0.980. The lowest BCUT2D eigenvalue weighted by Gasteiger charge is -2.37. The molecule has 1 N–H and O–H groups in total. The van der Waals surface area contributed by atoms with Crippen LogP contribution in [0.15, 0.2) is 134 Å². The van der Waals surface area contributed by atoms with Crippen molar-refractivity contribution < 1.29 is 19.1 Å². The molecule has 0 unspecified atom stereocenters. The van der Waals surface area contributed by atoms with Crippen LogP contribution in [0.25, 0.3) is 0 Å². The number of nitrogens with one attached hydrogen (secondary N) is 1. The summed E-state index contributed by atoms with van der Waals surface area (Å²) in [6.45, 7) is 0.0862. The fourth-order valence-corrected chi connectivity index (χ4v) is 5.09. The van der Waals surface area contributed by atoms with Gasteiger partial charge in [0.05, 0.1) is 19.1 Å². The third-order valence-electron chi connectivity index (χ3n) is 7.00. The van der Waals surface area contributed by atoms with E-state index in [-0.39, 0.29) is 13.0 Å². The predicted octanol–water partition coefficient (Wildman–Crippen LogP) is 5.73. The van der Waals surface area contributed by atoms with E-state index in [1.807, 2.05) is 91.1 Å². The zero-order valence-corrected chi connectivity index (χ0v) is 22.7. The Balaban J connectivity index is 1.48. The Morgan fingerprint density at radius 3 is 1.76 bits per heavy atom. The first-order valence-electron chi connectivity index (χ1n) is 13.4. The van der Waals surface area contributed by atoms with Gasteiger partial charge in [0.25, 0.3) is 0 Å². The molecule has 4 aromatic carbocycles. The highest BCUT2D eigenvalue weighted by Crippen LogP contribution is 2.40. The average Bonchev–Trinajstić information content (AvgIpc) is 3.50. The molecular formula is C34H31N3O4. The Bertz CT molecular complexity index is 1460. The fourth-order valence-electron chi connectivity index (χ4n) is 5.09. The van der Waals surface area contributed by atoms with Crippen LogP contribution in [-0.4, -0.2) is 34.8 Å². The zero-order valence-electron chi connectivity index (χ0n) is 22.7. The second-order valence-electron chi connectivity index (χ2n) is 9.57. The number of nitrogens with zero attached hydrogens (tertiary/aromatic N) is 2. The molecule has 0 bridgehead atoms.